The minimum Gasteiger partial charge on any atom is -0.462 e. The zero-order chi connectivity index (χ0) is 20.8. The fourth-order valence-electron chi connectivity index (χ4n) is 3.31. The highest BCUT2D eigenvalue weighted by Crippen LogP contribution is 2.17. The second-order valence-electron chi connectivity index (χ2n) is 7.26. The van der Waals surface area contributed by atoms with E-state index in [4.69, 9.17) is 4.74 Å². The summed E-state index contributed by atoms with van der Waals surface area (Å²) in [6.07, 6.45) is 1.55. The quantitative estimate of drug-likeness (QED) is 0.757. The van der Waals surface area contributed by atoms with Crippen LogP contribution >= 0.6 is 0 Å². The first-order valence-corrected chi connectivity index (χ1v) is 9.94. The first kappa shape index (κ1) is 20.8. The highest BCUT2D eigenvalue weighted by Gasteiger charge is 2.20. The van der Waals surface area contributed by atoms with Crippen molar-refractivity contribution < 1.29 is 14.3 Å². The van der Waals surface area contributed by atoms with Crippen LogP contribution in [0.2, 0.25) is 0 Å². The number of piperazine rings is 1. The average molecular weight is 396 g/mol. The number of benzene rings is 1. The summed E-state index contributed by atoms with van der Waals surface area (Å²) >= 11 is 0. The van der Waals surface area contributed by atoms with Gasteiger partial charge in [0.25, 0.3) is 0 Å². The molecule has 0 unspecified atom stereocenters. The van der Waals surface area contributed by atoms with Crippen LogP contribution in [0.4, 0.5) is 11.5 Å². The number of nitrogens with one attached hydrogen (secondary N) is 1. The van der Waals surface area contributed by atoms with Crippen LogP contribution in [0.25, 0.3) is 0 Å². The molecule has 7 nitrogen and oxygen atoms in total. The Morgan fingerprint density at radius 2 is 1.86 bits per heavy atom. The van der Waals surface area contributed by atoms with E-state index in [-0.39, 0.29) is 11.9 Å². The van der Waals surface area contributed by atoms with Crippen LogP contribution < -0.4 is 10.2 Å². The van der Waals surface area contributed by atoms with Crippen LogP contribution in [0.15, 0.2) is 36.5 Å². The van der Waals surface area contributed by atoms with E-state index in [9.17, 15) is 9.59 Å². The zero-order valence-corrected chi connectivity index (χ0v) is 17.3. The van der Waals surface area contributed by atoms with E-state index in [1.54, 1.807) is 19.2 Å². The monoisotopic (exact) mass is 396 g/mol. The third-order valence-corrected chi connectivity index (χ3v) is 4.99. The Labute approximate surface area is 171 Å². The number of aromatic nitrogens is 1. The Kier molecular flexibility index (Phi) is 6.82. The number of hydrogen-bond acceptors (Lipinski definition) is 6. The molecule has 3 rings (SSSR count). The van der Waals surface area contributed by atoms with E-state index >= 15 is 0 Å². The van der Waals surface area contributed by atoms with Crippen LogP contribution in [-0.2, 0) is 9.53 Å². The molecule has 1 amide bonds. The topological polar surface area (TPSA) is 74.8 Å². The van der Waals surface area contributed by atoms with Crippen molar-refractivity contribution in [1.82, 2.24) is 9.88 Å². The Morgan fingerprint density at radius 3 is 2.52 bits per heavy atom. The molecule has 2 heterocycles. The Hall–Kier alpha value is -2.93. The van der Waals surface area contributed by atoms with Crippen molar-refractivity contribution >= 4 is 23.4 Å². The molecule has 1 aromatic heterocycles. The van der Waals surface area contributed by atoms with E-state index in [1.807, 2.05) is 38.1 Å². The van der Waals surface area contributed by atoms with E-state index in [0.717, 1.165) is 48.8 Å². The number of esters is 1. The van der Waals surface area contributed by atoms with E-state index in [1.165, 1.54) is 0 Å². The number of amides is 1. The summed E-state index contributed by atoms with van der Waals surface area (Å²) in [6.45, 7) is 9.63. The van der Waals surface area contributed by atoms with E-state index in [0.29, 0.717) is 18.7 Å². The van der Waals surface area contributed by atoms with Crippen molar-refractivity contribution in [1.29, 1.82) is 0 Å². The number of pyridine rings is 1. The van der Waals surface area contributed by atoms with Crippen LogP contribution in [0.3, 0.4) is 0 Å². The highest BCUT2D eigenvalue weighted by molar-refractivity contribution is 5.93. The van der Waals surface area contributed by atoms with Crippen LogP contribution in [0.5, 0.6) is 0 Å². The normalized spacial score (nSPS) is 14.5. The number of anilines is 2. The molecule has 29 heavy (non-hydrogen) atoms. The van der Waals surface area contributed by atoms with Crippen molar-refractivity contribution in [2.24, 2.45) is 0 Å². The molecule has 0 atom stereocenters. The summed E-state index contributed by atoms with van der Waals surface area (Å²) in [5.41, 5.74) is 3.52. The van der Waals surface area contributed by atoms with Crippen LogP contribution in [-0.4, -0.2) is 61.1 Å². The predicted octanol–water partition coefficient (Wildman–Crippen LogP) is 2.64. The summed E-state index contributed by atoms with van der Waals surface area (Å²) in [7, 11) is 0. The Bertz CT molecular complexity index is 859. The van der Waals surface area contributed by atoms with Gasteiger partial charge in [-0.3, -0.25) is 9.69 Å². The second-order valence-corrected chi connectivity index (χ2v) is 7.26. The molecule has 1 N–H and O–H groups in total. The molecule has 1 aliphatic heterocycles. The summed E-state index contributed by atoms with van der Waals surface area (Å²) < 4.78 is 4.98. The van der Waals surface area contributed by atoms with Gasteiger partial charge < -0.3 is 15.0 Å². The number of nitrogens with zero attached hydrogens (tertiary/aromatic N) is 3. The van der Waals surface area contributed by atoms with Gasteiger partial charge in [0, 0.05) is 38.1 Å². The van der Waals surface area contributed by atoms with Gasteiger partial charge in [0.1, 0.15) is 5.82 Å². The lowest BCUT2D eigenvalue weighted by Gasteiger charge is -2.35. The fraction of sp³-hybridized carbons (Fsp3) is 0.409. The van der Waals surface area contributed by atoms with Gasteiger partial charge >= 0.3 is 5.97 Å². The number of aryl methyl sites for hydroxylation is 2. The molecular formula is C22H28N4O3. The lowest BCUT2D eigenvalue weighted by molar-refractivity contribution is -0.117. The maximum absolute atomic E-state index is 12.4. The van der Waals surface area contributed by atoms with Crippen molar-refractivity contribution in [3.63, 3.8) is 0 Å². The van der Waals surface area contributed by atoms with Crippen molar-refractivity contribution in [3.8, 4) is 0 Å². The average Bonchev–Trinajstić information content (AvgIpc) is 2.71. The first-order valence-electron chi connectivity index (χ1n) is 9.94. The van der Waals surface area contributed by atoms with Gasteiger partial charge in [0.05, 0.1) is 18.7 Å². The lowest BCUT2D eigenvalue weighted by atomic mass is 10.1. The predicted molar refractivity (Wildman–Crippen MR) is 113 cm³/mol. The molecule has 0 aliphatic carbocycles. The number of hydrogen-bond donors (Lipinski definition) is 1. The van der Waals surface area contributed by atoms with Gasteiger partial charge in [-0.25, -0.2) is 9.78 Å². The summed E-state index contributed by atoms with van der Waals surface area (Å²) in [6, 6.07) is 9.64. The zero-order valence-electron chi connectivity index (χ0n) is 17.3. The standard InChI is InChI=1S/C22H28N4O3/c1-4-29-22(28)18-7-8-20(23-14-18)26-11-9-25(10-12-26)15-21(27)24-19-13-16(2)5-6-17(19)3/h5-8,13-14H,4,9-12,15H2,1-3H3,(H,24,27). The summed E-state index contributed by atoms with van der Waals surface area (Å²) in [5, 5.41) is 3.02. The molecule has 154 valence electrons. The van der Waals surface area contributed by atoms with Crippen molar-refractivity contribution in [2.45, 2.75) is 20.8 Å². The molecule has 1 aromatic carbocycles. The minimum atomic E-state index is -0.355. The second kappa shape index (κ2) is 9.52. The molecule has 0 saturated carbocycles. The van der Waals surface area contributed by atoms with E-state index < -0.39 is 0 Å². The molecule has 1 aliphatic rings. The van der Waals surface area contributed by atoms with Gasteiger partial charge in [0.15, 0.2) is 0 Å². The Morgan fingerprint density at radius 1 is 1.10 bits per heavy atom. The number of rotatable bonds is 6. The highest BCUT2D eigenvalue weighted by atomic mass is 16.5. The largest absolute Gasteiger partial charge is 0.462 e. The molecular weight excluding hydrogens is 368 g/mol. The molecule has 1 saturated heterocycles. The first-order chi connectivity index (χ1) is 14.0. The molecule has 0 radical (unpaired) electrons. The van der Waals surface area contributed by atoms with Crippen LogP contribution in [0, 0.1) is 13.8 Å². The number of carbonyl (C=O) groups excluding carboxylic acids is 2. The van der Waals surface area contributed by atoms with Crippen LogP contribution in [0.1, 0.15) is 28.4 Å². The number of ether oxygens (including phenoxy) is 1. The van der Waals surface area contributed by atoms with Gasteiger partial charge in [-0.05, 0) is 50.1 Å². The van der Waals surface area contributed by atoms with Gasteiger partial charge in [0.2, 0.25) is 5.91 Å². The molecule has 7 heteroatoms. The maximum atomic E-state index is 12.4. The third-order valence-electron chi connectivity index (χ3n) is 4.99. The fourth-order valence-corrected chi connectivity index (χ4v) is 3.31. The lowest BCUT2D eigenvalue weighted by Crippen LogP contribution is -2.49. The maximum Gasteiger partial charge on any atom is 0.339 e. The molecule has 0 bridgehead atoms. The summed E-state index contributed by atoms with van der Waals surface area (Å²) in [4.78, 5) is 32.9. The third kappa shape index (κ3) is 5.54. The smallest absolute Gasteiger partial charge is 0.339 e. The molecule has 0 spiro atoms. The summed E-state index contributed by atoms with van der Waals surface area (Å²) in [5.74, 6) is 0.479. The van der Waals surface area contributed by atoms with Gasteiger partial charge in [-0.1, -0.05) is 12.1 Å². The minimum absolute atomic E-state index is 0.00376. The van der Waals surface area contributed by atoms with Gasteiger partial charge in [-0.15, -0.1) is 0 Å². The molecule has 1 fully saturated rings. The molecule has 2 aromatic rings. The Balaban J connectivity index is 1.49. The SMILES string of the molecule is CCOC(=O)c1ccc(N2CCN(CC(=O)Nc3cc(C)ccc3C)CC2)nc1. The van der Waals surface area contributed by atoms with Crippen molar-refractivity contribution in [2.75, 3.05) is 49.5 Å². The van der Waals surface area contributed by atoms with Crippen molar-refractivity contribution in [3.05, 3.63) is 53.2 Å². The van der Waals surface area contributed by atoms with Gasteiger partial charge in [-0.2, -0.15) is 0 Å². The van der Waals surface area contributed by atoms with E-state index in [2.05, 4.69) is 20.1 Å². The number of carbonyl (C=O) groups is 2.